The van der Waals surface area contributed by atoms with Crippen LogP contribution in [0.2, 0.25) is 5.02 Å². The van der Waals surface area contributed by atoms with E-state index in [9.17, 15) is 5.11 Å². The lowest BCUT2D eigenvalue weighted by atomic mass is 10.1. The molecular weight excluding hydrogens is 212 g/mol. The van der Waals surface area contributed by atoms with Crippen LogP contribution in [0.15, 0.2) is 36.1 Å². The largest absolute Gasteiger partial charge is 0.495 e. The van der Waals surface area contributed by atoms with Crippen LogP contribution in [0.4, 0.5) is 0 Å². The molecule has 0 radical (unpaired) electrons. The average molecular weight is 225 g/mol. The van der Waals surface area contributed by atoms with E-state index < -0.39 is 6.10 Å². The molecule has 1 aliphatic heterocycles. The molecule has 1 heterocycles. The molecule has 0 fully saturated rings. The molecule has 0 aromatic heterocycles. The maximum absolute atomic E-state index is 9.87. The number of halogens is 1. The Hall–Kier alpha value is -0.990. The molecule has 3 heteroatoms. The SMILES string of the molecule is OC(Cc1ccccc1Cl)C1=CCCO1. The number of aliphatic hydroxyl groups is 1. The smallest absolute Gasteiger partial charge is 0.121 e. The van der Waals surface area contributed by atoms with Gasteiger partial charge >= 0.3 is 0 Å². The Morgan fingerprint density at radius 3 is 2.87 bits per heavy atom. The Morgan fingerprint density at radius 1 is 1.40 bits per heavy atom. The van der Waals surface area contributed by atoms with Crippen molar-refractivity contribution in [2.75, 3.05) is 6.61 Å². The van der Waals surface area contributed by atoms with Crippen LogP contribution in [0, 0.1) is 0 Å². The fourth-order valence-electron chi connectivity index (χ4n) is 1.64. The third-order valence-electron chi connectivity index (χ3n) is 2.43. The van der Waals surface area contributed by atoms with Gasteiger partial charge < -0.3 is 9.84 Å². The van der Waals surface area contributed by atoms with Crippen molar-refractivity contribution in [2.45, 2.75) is 18.9 Å². The van der Waals surface area contributed by atoms with Gasteiger partial charge in [0.05, 0.1) is 6.61 Å². The molecule has 80 valence electrons. The van der Waals surface area contributed by atoms with Crippen LogP contribution in [0.25, 0.3) is 0 Å². The van der Waals surface area contributed by atoms with Crippen LogP contribution >= 0.6 is 11.6 Å². The van der Waals surface area contributed by atoms with Crippen molar-refractivity contribution in [1.82, 2.24) is 0 Å². The first kappa shape index (κ1) is 10.5. The van der Waals surface area contributed by atoms with E-state index in [1.165, 1.54) is 0 Å². The molecule has 0 bridgehead atoms. The maximum Gasteiger partial charge on any atom is 0.121 e. The van der Waals surface area contributed by atoms with Gasteiger partial charge in [0, 0.05) is 17.9 Å². The van der Waals surface area contributed by atoms with E-state index in [1.807, 2.05) is 30.3 Å². The Labute approximate surface area is 94.1 Å². The van der Waals surface area contributed by atoms with Crippen molar-refractivity contribution in [3.05, 3.63) is 46.7 Å². The normalized spacial score (nSPS) is 17.1. The molecular formula is C12H13ClO2. The van der Waals surface area contributed by atoms with E-state index in [1.54, 1.807) is 0 Å². The summed E-state index contributed by atoms with van der Waals surface area (Å²) < 4.78 is 5.29. The van der Waals surface area contributed by atoms with Gasteiger partial charge in [-0.05, 0) is 17.7 Å². The molecule has 0 spiro atoms. The third kappa shape index (κ3) is 2.52. The topological polar surface area (TPSA) is 29.5 Å². The molecule has 1 N–H and O–H groups in total. The van der Waals surface area contributed by atoms with E-state index in [2.05, 4.69) is 0 Å². The monoisotopic (exact) mass is 224 g/mol. The van der Waals surface area contributed by atoms with Gasteiger partial charge in [0.15, 0.2) is 0 Å². The molecule has 1 unspecified atom stereocenters. The van der Waals surface area contributed by atoms with E-state index in [0.717, 1.165) is 12.0 Å². The third-order valence-corrected chi connectivity index (χ3v) is 2.80. The number of aliphatic hydroxyl groups excluding tert-OH is 1. The second kappa shape index (κ2) is 4.69. The fraction of sp³-hybridized carbons (Fsp3) is 0.333. The van der Waals surface area contributed by atoms with E-state index in [4.69, 9.17) is 16.3 Å². The lowest BCUT2D eigenvalue weighted by Gasteiger charge is -2.12. The van der Waals surface area contributed by atoms with E-state index in [-0.39, 0.29) is 0 Å². The quantitative estimate of drug-likeness (QED) is 0.855. The highest BCUT2D eigenvalue weighted by Crippen LogP contribution is 2.21. The second-order valence-electron chi connectivity index (χ2n) is 3.55. The highest BCUT2D eigenvalue weighted by Gasteiger charge is 2.17. The van der Waals surface area contributed by atoms with Crippen LogP contribution in [0.3, 0.4) is 0 Å². The second-order valence-corrected chi connectivity index (χ2v) is 3.96. The molecule has 1 atom stereocenters. The average Bonchev–Trinajstić information content (AvgIpc) is 2.74. The Morgan fingerprint density at radius 2 is 2.20 bits per heavy atom. The summed E-state index contributed by atoms with van der Waals surface area (Å²) in [5.74, 6) is 0.676. The molecule has 0 saturated carbocycles. The van der Waals surface area contributed by atoms with Crippen LogP contribution < -0.4 is 0 Å². The Bertz CT molecular complexity index is 374. The van der Waals surface area contributed by atoms with Gasteiger partial charge in [0.25, 0.3) is 0 Å². The van der Waals surface area contributed by atoms with Gasteiger partial charge in [0.2, 0.25) is 0 Å². The minimum absolute atomic E-state index is 0.505. The molecule has 2 nitrogen and oxygen atoms in total. The van der Waals surface area contributed by atoms with E-state index >= 15 is 0 Å². The number of rotatable bonds is 3. The van der Waals surface area contributed by atoms with Gasteiger partial charge in [-0.15, -0.1) is 0 Å². The van der Waals surface area contributed by atoms with Gasteiger partial charge in [-0.3, -0.25) is 0 Å². The summed E-state index contributed by atoms with van der Waals surface area (Å²) in [5, 5.41) is 10.6. The molecule has 0 saturated heterocycles. The number of benzene rings is 1. The lowest BCUT2D eigenvalue weighted by molar-refractivity contribution is 0.118. The highest BCUT2D eigenvalue weighted by atomic mass is 35.5. The summed E-state index contributed by atoms with van der Waals surface area (Å²) >= 11 is 6.00. The standard InChI is InChI=1S/C12H13ClO2/c13-10-5-2-1-4-9(10)8-11(14)12-6-3-7-15-12/h1-2,4-6,11,14H,3,7-8H2. The summed E-state index contributed by atoms with van der Waals surface area (Å²) in [6.07, 6.45) is 2.74. The van der Waals surface area contributed by atoms with E-state index in [0.29, 0.717) is 23.8 Å². The zero-order chi connectivity index (χ0) is 10.7. The first-order valence-corrected chi connectivity index (χ1v) is 5.39. The van der Waals surface area contributed by atoms with Crippen molar-refractivity contribution in [2.24, 2.45) is 0 Å². The summed E-state index contributed by atoms with van der Waals surface area (Å²) in [7, 11) is 0. The molecule has 1 aromatic carbocycles. The number of hydrogen-bond acceptors (Lipinski definition) is 2. The van der Waals surface area contributed by atoms with Gasteiger partial charge in [-0.2, -0.15) is 0 Å². The minimum Gasteiger partial charge on any atom is -0.495 e. The maximum atomic E-state index is 9.87. The molecule has 2 rings (SSSR count). The predicted molar refractivity (Wildman–Crippen MR) is 59.8 cm³/mol. The summed E-state index contributed by atoms with van der Waals surface area (Å²) in [4.78, 5) is 0. The van der Waals surface area contributed by atoms with Crippen molar-refractivity contribution < 1.29 is 9.84 Å². The molecule has 15 heavy (non-hydrogen) atoms. The number of hydrogen-bond donors (Lipinski definition) is 1. The summed E-state index contributed by atoms with van der Waals surface area (Å²) in [6, 6.07) is 7.54. The van der Waals surface area contributed by atoms with Gasteiger partial charge in [-0.1, -0.05) is 29.8 Å². The zero-order valence-corrected chi connectivity index (χ0v) is 9.07. The first-order valence-electron chi connectivity index (χ1n) is 5.01. The van der Waals surface area contributed by atoms with Crippen molar-refractivity contribution in [1.29, 1.82) is 0 Å². The lowest BCUT2D eigenvalue weighted by Crippen LogP contribution is -2.14. The molecule has 1 aromatic rings. The Balaban J connectivity index is 2.05. The van der Waals surface area contributed by atoms with Crippen LogP contribution in [-0.2, 0) is 11.2 Å². The molecule has 1 aliphatic rings. The minimum atomic E-state index is -0.576. The van der Waals surface area contributed by atoms with Gasteiger partial charge in [-0.25, -0.2) is 0 Å². The first-order chi connectivity index (χ1) is 7.27. The van der Waals surface area contributed by atoms with Crippen LogP contribution in [0.5, 0.6) is 0 Å². The zero-order valence-electron chi connectivity index (χ0n) is 8.32. The summed E-state index contributed by atoms with van der Waals surface area (Å²) in [6.45, 7) is 0.676. The van der Waals surface area contributed by atoms with Crippen molar-refractivity contribution in [3.63, 3.8) is 0 Å². The van der Waals surface area contributed by atoms with Crippen molar-refractivity contribution in [3.8, 4) is 0 Å². The summed E-state index contributed by atoms with van der Waals surface area (Å²) in [5.41, 5.74) is 0.947. The highest BCUT2D eigenvalue weighted by molar-refractivity contribution is 6.31. The predicted octanol–water partition coefficient (Wildman–Crippen LogP) is 2.55. The molecule has 0 amide bonds. The van der Waals surface area contributed by atoms with Crippen LogP contribution in [-0.4, -0.2) is 17.8 Å². The van der Waals surface area contributed by atoms with Gasteiger partial charge in [0.1, 0.15) is 11.9 Å². The van der Waals surface area contributed by atoms with Crippen molar-refractivity contribution >= 4 is 11.6 Å². The number of ether oxygens (including phenoxy) is 1. The fourth-order valence-corrected chi connectivity index (χ4v) is 1.85. The van der Waals surface area contributed by atoms with Crippen LogP contribution in [0.1, 0.15) is 12.0 Å². The molecule has 0 aliphatic carbocycles. The Kier molecular flexibility index (Phi) is 3.29.